The van der Waals surface area contributed by atoms with Crippen molar-refractivity contribution in [1.29, 1.82) is 0 Å². The van der Waals surface area contributed by atoms with Gasteiger partial charge in [0.1, 0.15) is 11.5 Å². The van der Waals surface area contributed by atoms with E-state index in [1.54, 1.807) is 49.4 Å². The second kappa shape index (κ2) is 10.7. The van der Waals surface area contributed by atoms with E-state index in [1.807, 2.05) is 6.07 Å². The second-order valence-electron chi connectivity index (χ2n) is 6.22. The molecule has 1 unspecified atom stereocenters. The third-order valence-corrected chi connectivity index (χ3v) is 3.93. The first-order chi connectivity index (χ1) is 13.9. The molecule has 8 heteroatoms. The summed E-state index contributed by atoms with van der Waals surface area (Å²) in [6.45, 7) is 1.22. The maximum atomic E-state index is 12.1. The summed E-state index contributed by atoms with van der Waals surface area (Å²) in [6.07, 6.45) is -0.0612. The number of carbonyl (C=O) groups excluding carboxylic acids is 3. The molecule has 0 aliphatic rings. The molecule has 0 heterocycles. The van der Waals surface area contributed by atoms with Gasteiger partial charge in [0, 0.05) is 17.7 Å². The maximum Gasteiger partial charge on any atom is 0.308 e. The Morgan fingerprint density at radius 1 is 1.00 bits per heavy atom. The Bertz CT molecular complexity index is 854. The summed E-state index contributed by atoms with van der Waals surface area (Å²) in [5.41, 5.74) is 0.899. The van der Waals surface area contributed by atoms with Crippen LogP contribution in [0.3, 0.4) is 0 Å². The summed E-state index contributed by atoms with van der Waals surface area (Å²) >= 11 is 0. The van der Waals surface area contributed by atoms with Gasteiger partial charge in [0.05, 0.1) is 26.3 Å². The van der Waals surface area contributed by atoms with E-state index in [2.05, 4.69) is 10.6 Å². The first-order valence-corrected chi connectivity index (χ1v) is 8.96. The summed E-state index contributed by atoms with van der Waals surface area (Å²) in [6, 6.07) is 13.2. The van der Waals surface area contributed by atoms with Crippen LogP contribution in [0.5, 0.6) is 11.5 Å². The van der Waals surface area contributed by atoms with Gasteiger partial charge in [-0.3, -0.25) is 14.4 Å². The molecule has 8 nitrogen and oxygen atoms in total. The molecule has 0 bridgehead atoms. The zero-order valence-electron chi connectivity index (χ0n) is 16.6. The Labute approximate surface area is 169 Å². The van der Waals surface area contributed by atoms with Gasteiger partial charge in [-0.05, 0) is 31.2 Å². The van der Waals surface area contributed by atoms with Crippen molar-refractivity contribution in [2.75, 3.05) is 26.1 Å². The van der Waals surface area contributed by atoms with E-state index in [1.165, 1.54) is 14.2 Å². The number of carbonyl (C=O) groups is 3. The van der Waals surface area contributed by atoms with Crippen molar-refractivity contribution in [3.63, 3.8) is 0 Å². The van der Waals surface area contributed by atoms with Crippen LogP contribution < -0.4 is 20.1 Å². The average Bonchev–Trinajstić information content (AvgIpc) is 2.72. The first-order valence-electron chi connectivity index (χ1n) is 8.96. The number of hydrogen-bond acceptors (Lipinski definition) is 6. The van der Waals surface area contributed by atoms with Crippen molar-refractivity contribution in [1.82, 2.24) is 5.32 Å². The highest BCUT2D eigenvalue weighted by atomic mass is 16.5. The van der Waals surface area contributed by atoms with Gasteiger partial charge >= 0.3 is 5.97 Å². The summed E-state index contributed by atoms with van der Waals surface area (Å²) < 4.78 is 15.3. The molecule has 0 aliphatic carbocycles. The van der Waals surface area contributed by atoms with Crippen molar-refractivity contribution in [2.24, 2.45) is 0 Å². The van der Waals surface area contributed by atoms with Gasteiger partial charge in [0.2, 0.25) is 0 Å². The number of ether oxygens (including phenoxy) is 3. The lowest BCUT2D eigenvalue weighted by atomic mass is 10.2. The summed E-state index contributed by atoms with van der Waals surface area (Å²) in [5, 5.41) is 5.32. The van der Waals surface area contributed by atoms with Crippen LogP contribution in [0.1, 0.15) is 23.7 Å². The highest BCUT2D eigenvalue weighted by molar-refractivity contribution is 5.95. The number of nitrogens with one attached hydrogen (secondary N) is 2. The van der Waals surface area contributed by atoms with Crippen molar-refractivity contribution in [2.45, 2.75) is 19.4 Å². The lowest BCUT2D eigenvalue weighted by Gasteiger charge is -2.14. The number of anilines is 1. The molecule has 1 atom stereocenters. The van der Waals surface area contributed by atoms with Gasteiger partial charge in [-0.15, -0.1) is 0 Å². The largest absolute Gasteiger partial charge is 0.497 e. The molecule has 2 aromatic rings. The topological polar surface area (TPSA) is 103 Å². The molecule has 0 spiro atoms. The van der Waals surface area contributed by atoms with E-state index < -0.39 is 24.5 Å². The van der Waals surface area contributed by atoms with Crippen LogP contribution in [-0.2, 0) is 14.3 Å². The quantitative estimate of drug-likeness (QED) is 0.627. The normalized spacial score (nSPS) is 11.1. The van der Waals surface area contributed by atoms with Crippen LogP contribution in [0.15, 0.2) is 48.5 Å². The van der Waals surface area contributed by atoms with Gasteiger partial charge in [-0.1, -0.05) is 18.2 Å². The van der Waals surface area contributed by atoms with Crippen LogP contribution in [-0.4, -0.2) is 44.7 Å². The van der Waals surface area contributed by atoms with E-state index in [4.69, 9.17) is 14.2 Å². The molecule has 2 amide bonds. The number of benzene rings is 2. The molecule has 29 heavy (non-hydrogen) atoms. The summed E-state index contributed by atoms with van der Waals surface area (Å²) in [4.78, 5) is 36.1. The summed E-state index contributed by atoms with van der Waals surface area (Å²) in [7, 11) is 2.98. The third kappa shape index (κ3) is 6.84. The molecule has 0 aromatic heterocycles. The Morgan fingerprint density at radius 2 is 1.72 bits per heavy atom. The monoisotopic (exact) mass is 400 g/mol. The van der Waals surface area contributed by atoms with Crippen molar-refractivity contribution >= 4 is 23.5 Å². The first kappa shape index (κ1) is 21.7. The number of esters is 1. The maximum absolute atomic E-state index is 12.1. The van der Waals surface area contributed by atoms with Crippen LogP contribution in [0.2, 0.25) is 0 Å². The Hall–Kier alpha value is -3.55. The fraction of sp³-hybridized carbons (Fsp3) is 0.286. The van der Waals surface area contributed by atoms with Gasteiger partial charge in [0.15, 0.2) is 6.61 Å². The zero-order valence-corrected chi connectivity index (χ0v) is 16.6. The van der Waals surface area contributed by atoms with Crippen molar-refractivity contribution < 1.29 is 28.6 Å². The lowest BCUT2D eigenvalue weighted by molar-refractivity contribution is -0.147. The minimum atomic E-state index is -0.599. The molecule has 0 aliphatic heterocycles. The minimum Gasteiger partial charge on any atom is -0.497 e. The molecule has 0 radical (unpaired) electrons. The Kier molecular flexibility index (Phi) is 8.02. The van der Waals surface area contributed by atoms with Gasteiger partial charge in [-0.2, -0.15) is 0 Å². The second-order valence-corrected chi connectivity index (χ2v) is 6.22. The highest BCUT2D eigenvalue weighted by Crippen LogP contribution is 2.28. The molecule has 154 valence electrons. The van der Waals surface area contributed by atoms with Crippen LogP contribution in [0.25, 0.3) is 0 Å². The summed E-state index contributed by atoms with van der Waals surface area (Å²) in [5.74, 6) is -0.415. The van der Waals surface area contributed by atoms with E-state index >= 15 is 0 Å². The predicted molar refractivity (Wildman–Crippen MR) is 107 cm³/mol. The zero-order chi connectivity index (χ0) is 21.2. The fourth-order valence-electron chi connectivity index (χ4n) is 2.50. The lowest BCUT2D eigenvalue weighted by Crippen LogP contribution is -2.35. The SMILES string of the molecule is COc1ccc(OC)c(NC(=O)COC(=O)CC(C)NC(=O)c2ccccc2)c1. The molecule has 2 aromatic carbocycles. The van der Waals surface area contributed by atoms with Gasteiger partial charge in [0.25, 0.3) is 11.8 Å². The number of amides is 2. The fourth-order valence-corrected chi connectivity index (χ4v) is 2.50. The van der Waals surface area contributed by atoms with Gasteiger partial charge < -0.3 is 24.8 Å². The number of rotatable bonds is 9. The Balaban J connectivity index is 1.80. The van der Waals surface area contributed by atoms with E-state index in [0.29, 0.717) is 22.7 Å². The molecule has 0 fully saturated rings. The van der Waals surface area contributed by atoms with Crippen LogP contribution in [0, 0.1) is 0 Å². The van der Waals surface area contributed by atoms with E-state index in [0.717, 1.165) is 0 Å². The molecule has 2 rings (SSSR count). The van der Waals surface area contributed by atoms with Crippen LogP contribution in [0.4, 0.5) is 5.69 Å². The standard InChI is InChI=1S/C21H24N2O6/c1-14(22-21(26)15-7-5-4-6-8-15)11-20(25)29-13-19(24)23-17-12-16(27-2)9-10-18(17)28-3/h4-10,12,14H,11,13H2,1-3H3,(H,22,26)(H,23,24). The Morgan fingerprint density at radius 3 is 2.38 bits per heavy atom. The molecular formula is C21H24N2O6. The minimum absolute atomic E-state index is 0.0612. The molecule has 0 saturated heterocycles. The smallest absolute Gasteiger partial charge is 0.308 e. The molecule has 0 saturated carbocycles. The third-order valence-electron chi connectivity index (χ3n) is 3.93. The van der Waals surface area contributed by atoms with E-state index in [9.17, 15) is 14.4 Å². The van der Waals surface area contributed by atoms with Crippen molar-refractivity contribution in [3.05, 3.63) is 54.1 Å². The number of hydrogen-bond donors (Lipinski definition) is 2. The number of methoxy groups -OCH3 is 2. The predicted octanol–water partition coefficient (Wildman–Crippen LogP) is 2.39. The molecule has 2 N–H and O–H groups in total. The van der Waals surface area contributed by atoms with E-state index in [-0.39, 0.29) is 12.3 Å². The molecular weight excluding hydrogens is 376 g/mol. The van der Waals surface area contributed by atoms with Crippen LogP contribution >= 0.6 is 0 Å². The highest BCUT2D eigenvalue weighted by Gasteiger charge is 2.16. The van der Waals surface area contributed by atoms with Gasteiger partial charge in [-0.25, -0.2) is 0 Å². The average molecular weight is 400 g/mol. The van der Waals surface area contributed by atoms with Crippen molar-refractivity contribution in [3.8, 4) is 11.5 Å².